The molecule has 0 fully saturated rings. The van der Waals surface area contributed by atoms with Crippen LogP contribution in [0.5, 0.6) is 0 Å². The second-order valence-electron chi connectivity index (χ2n) is 1.77. The predicted octanol–water partition coefficient (Wildman–Crippen LogP) is 1.16. The first-order valence-corrected chi connectivity index (χ1v) is 4.75. The molecule has 0 aromatic carbocycles. The van der Waals surface area contributed by atoms with Crippen molar-refractivity contribution in [3.05, 3.63) is 0 Å². The first-order valence-electron chi connectivity index (χ1n) is 3.64. The topological polar surface area (TPSA) is 52.3 Å². The van der Waals surface area contributed by atoms with E-state index in [1.165, 1.54) is 0 Å². The standard InChI is InChI=1S/C6H12O2S.CH3NS/c1-2-8-6(7)4-3-5-9;2-1-3/h9H,2-5H2,1H3;1H,(H2,2,3). The highest BCUT2D eigenvalue weighted by Crippen LogP contribution is 1.93. The molecular weight excluding hydrogens is 194 g/mol. The first kappa shape index (κ1) is 14.2. The number of hydrogen-bond acceptors (Lipinski definition) is 4. The summed E-state index contributed by atoms with van der Waals surface area (Å²) in [6.07, 6.45) is 1.30. The molecule has 3 nitrogen and oxygen atoms in total. The van der Waals surface area contributed by atoms with Gasteiger partial charge in [-0.3, -0.25) is 4.79 Å². The third-order valence-electron chi connectivity index (χ3n) is 0.844. The minimum absolute atomic E-state index is 0.119. The van der Waals surface area contributed by atoms with E-state index >= 15 is 0 Å². The van der Waals surface area contributed by atoms with Crippen LogP contribution in [0.25, 0.3) is 0 Å². The zero-order valence-corrected chi connectivity index (χ0v) is 8.87. The van der Waals surface area contributed by atoms with Gasteiger partial charge < -0.3 is 10.5 Å². The van der Waals surface area contributed by atoms with Crippen molar-refractivity contribution < 1.29 is 9.53 Å². The van der Waals surface area contributed by atoms with Gasteiger partial charge in [0.1, 0.15) is 0 Å². The lowest BCUT2D eigenvalue weighted by Gasteiger charge is -1.97. The molecule has 0 spiro atoms. The fourth-order valence-electron chi connectivity index (χ4n) is 0.457. The highest BCUT2D eigenvalue weighted by atomic mass is 32.1. The number of thiocarbonyl (C=S) groups is 1. The third kappa shape index (κ3) is 16.4. The van der Waals surface area contributed by atoms with Crippen molar-refractivity contribution in [1.82, 2.24) is 0 Å². The molecule has 72 valence electrons. The minimum atomic E-state index is -0.119. The van der Waals surface area contributed by atoms with Crippen LogP contribution < -0.4 is 5.73 Å². The van der Waals surface area contributed by atoms with Crippen molar-refractivity contribution in [1.29, 1.82) is 0 Å². The fourth-order valence-corrected chi connectivity index (χ4v) is 0.615. The molecule has 0 saturated carbocycles. The van der Waals surface area contributed by atoms with Gasteiger partial charge in [-0.05, 0) is 19.1 Å². The SMILES string of the molecule is CCOC(=O)CCCS.NC=S. The van der Waals surface area contributed by atoms with Crippen molar-refractivity contribution in [3.8, 4) is 0 Å². The number of esters is 1. The van der Waals surface area contributed by atoms with E-state index < -0.39 is 0 Å². The number of hydrogen-bond donors (Lipinski definition) is 2. The summed E-state index contributed by atoms with van der Waals surface area (Å²) in [6.45, 7) is 2.28. The Morgan fingerprint density at radius 3 is 2.58 bits per heavy atom. The summed E-state index contributed by atoms with van der Waals surface area (Å²) in [4.78, 5) is 10.5. The van der Waals surface area contributed by atoms with Crippen LogP contribution in [-0.2, 0) is 9.53 Å². The Morgan fingerprint density at radius 2 is 2.25 bits per heavy atom. The molecule has 0 atom stereocenters. The van der Waals surface area contributed by atoms with E-state index in [0.29, 0.717) is 13.0 Å². The van der Waals surface area contributed by atoms with Gasteiger partial charge in [-0.25, -0.2) is 0 Å². The first-order chi connectivity index (χ1) is 5.72. The van der Waals surface area contributed by atoms with Crippen LogP contribution >= 0.6 is 24.8 Å². The van der Waals surface area contributed by atoms with Crippen molar-refractivity contribution in [2.75, 3.05) is 12.4 Å². The molecule has 0 aliphatic heterocycles. The Balaban J connectivity index is 0. The summed E-state index contributed by atoms with van der Waals surface area (Å²) in [7, 11) is 0. The smallest absolute Gasteiger partial charge is 0.305 e. The van der Waals surface area contributed by atoms with E-state index in [2.05, 4.69) is 35.3 Å². The Hall–Kier alpha value is -0.290. The van der Waals surface area contributed by atoms with Crippen molar-refractivity contribution >= 4 is 36.3 Å². The van der Waals surface area contributed by atoms with Gasteiger partial charge in [0.2, 0.25) is 0 Å². The van der Waals surface area contributed by atoms with E-state index in [-0.39, 0.29) is 5.97 Å². The van der Waals surface area contributed by atoms with Crippen LogP contribution in [0, 0.1) is 0 Å². The molecule has 0 rings (SSSR count). The van der Waals surface area contributed by atoms with E-state index in [1.807, 2.05) is 0 Å². The highest BCUT2D eigenvalue weighted by Gasteiger charge is 1.97. The lowest BCUT2D eigenvalue weighted by molar-refractivity contribution is -0.143. The number of carbonyl (C=O) groups is 1. The zero-order valence-electron chi connectivity index (χ0n) is 7.16. The molecule has 0 bridgehead atoms. The van der Waals surface area contributed by atoms with Gasteiger partial charge >= 0.3 is 5.97 Å². The average Bonchev–Trinajstić information content (AvgIpc) is 2.03. The number of ether oxygens (including phenoxy) is 1. The summed E-state index contributed by atoms with van der Waals surface area (Å²) >= 11 is 8.00. The van der Waals surface area contributed by atoms with Gasteiger partial charge in [0.25, 0.3) is 0 Å². The summed E-state index contributed by atoms with van der Waals surface area (Å²) in [5.74, 6) is 0.630. The molecule has 12 heavy (non-hydrogen) atoms. The monoisotopic (exact) mass is 209 g/mol. The summed E-state index contributed by atoms with van der Waals surface area (Å²) < 4.78 is 4.67. The van der Waals surface area contributed by atoms with Crippen molar-refractivity contribution in [3.63, 3.8) is 0 Å². The Labute approximate surface area is 84.1 Å². The van der Waals surface area contributed by atoms with Gasteiger partial charge in [-0.15, -0.1) is 0 Å². The predicted molar refractivity (Wildman–Crippen MR) is 57.6 cm³/mol. The van der Waals surface area contributed by atoms with Gasteiger partial charge in [0, 0.05) is 6.42 Å². The lowest BCUT2D eigenvalue weighted by Crippen LogP contribution is -2.03. The van der Waals surface area contributed by atoms with Gasteiger partial charge in [0.15, 0.2) is 0 Å². The largest absolute Gasteiger partial charge is 0.466 e. The van der Waals surface area contributed by atoms with E-state index in [0.717, 1.165) is 17.7 Å². The van der Waals surface area contributed by atoms with Crippen molar-refractivity contribution in [2.45, 2.75) is 19.8 Å². The second kappa shape index (κ2) is 13.3. The molecule has 0 aliphatic rings. The molecule has 0 heterocycles. The number of rotatable bonds is 4. The Kier molecular flexibility index (Phi) is 15.8. The molecule has 0 aromatic heterocycles. The van der Waals surface area contributed by atoms with Crippen LogP contribution in [0.1, 0.15) is 19.8 Å². The molecule has 0 aromatic rings. The molecule has 0 aliphatic carbocycles. The van der Waals surface area contributed by atoms with Gasteiger partial charge in [-0.2, -0.15) is 12.6 Å². The molecule has 2 N–H and O–H groups in total. The van der Waals surface area contributed by atoms with Crippen molar-refractivity contribution in [2.24, 2.45) is 5.73 Å². The Bertz CT molecular complexity index is 120. The third-order valence-corrected chi connectivity index (χ3v) is 1.16. The molecular formula is C7H15NO2S2. The fraction of sp³-hybridized carbons (Fsp3) is 0.714. The minimum Gasteiger partial charge on any atom is -0.466 e. The molecule has 5 heteroatoms. The lowest BCUT2D eigenvalue weighted by atomic mass is 10.3. The summed E-state index contributed by atoms with van der Waals surface area (Å²) in [6, 6.07) is 0. The number of nitrogens with two attached hydrogens (primary N) is 1. The van der Waals surface area contributed by atoms with Crippen LogP contribution in [-0.4, -0.2) is 23.8 Å². The zero-order chi connectivity index (χ0) is 9.82. The van der Waals surface area contributed by atoms with Gasteiger partial charge in [-0.1, -0.05) is 12.2 Å². The summed E-state index contributed by atoms with van der Waals surface area (Å²) in [5.41, 5.74) is 5.62. The quantitative estimate of drug-likeness (QED) is 0.414. The van der Waals surface area contributed by atoms with Crippen LogP contribution in [0.15, 0.2) is 0 Å². The highest BCUT2D eigenvalue weighted by molar-refractivity contribution is 7.80. The Morgan fingerprint density at radius 1 is 1.75 bits per heavy atom. The van der Waals surface area contributed by atoms with E-state index in [4.69, 9.17) is 0 Å². The maximum absolute atomic E-state index is 10.5. The van der Waals surface area contributed by atoms with Crippen LogP contribution in [0.3, 0.4) is 0 Å². The molecule has 0 radical (unpaired) electrons. The molecule has 0 amide bonds. The molecule has 0 unspecified atom stereocenters. The molecule has 0 saturated heterocycles. The second-order valence-corrected chi connectivity index (χ2v) is 2.49. The number of thiol groups is 1. The van der Waals surface area contributed by atoms with Crippen LogP contribution in [0.2, 0.25) is 0 Å². The summed E-state index contributed by atoms with van der Waals surface area (Å²) in [5, 5.41) is 0. The maximum atomic E-state index is 10.5. The maximum Gasteiger partial charge on any atom is 0.305 e. The van der Waals surface area contributed by atoms with Gasteiger partial charge in [0.05, 0.1) is 12.1 Å². The number of carbonyl (C=O) groups excluding carboxylic acids is 1. The van der Waals surface area contributed by atoms with Crippen LogP contribution in [0.4, 0.5) is 0 Å². The van der Waals surface area contributed by atoms with E-state index in [1.54, 1.807) is 6.92 Å². The normalized spacial score (nSPS) is 7.83. The average molecular weight is 209 g/mol. The van der Waals surface area contributed by atoms with E-state index in [9.17, 15) is 4.79 Å².